The first-order chi connectivity index (χ1) is 20.1. The van der Waals surface area contributed by atoms with E-state index in [-0.39, 0.29) is 12.3 Å². The largest absolute Gasteiger partial charge is 0.462 e. The molecule has 0 radical (unpaired) electrons. The summed E-state index contributed by atoms with van der Waals surface area (Å²) in [6.07, 6.45) is -2.85. The van der Waals surface area contributed by atoms with E-state index < -0.39 is 83.4 Å². The monoisotopic (exact) mass is 600 g/mol. The molecule has 0 aromatic heterocycles. The van der Waals surface area contributed by atoms with Gasteiger partial charge < -0.3 is 28.8 Å². The first-order valence-electron chi connectivity index (χ1n) is 14.9. The highest BCUT2D eigenvalue weighted by Crippen LogP contribution is 2.57. The molecule has 10 heteroatoms. The van der Waals surface area contributed by atoms with Crippen molar-refractivity contribution in [3.8, 4) is 0 Å². The Balaban J connectivity index is 1.90. The van der Waals surface area contributed by atoms with Gasteiger partial charge >= 0.3 is 23.9 Å². The summed E-state index contributed by atoms with van der Waals surface area (Å²) in [6.45, 7) is 13.1. The van der Waals surface area contributed by atoms with Crippen molar-refractivity contribution in [2.75, 3.05) is 0 Å². The van der Waals surface area contributed by atoms with Crippen LogP contribution in [0.15, 0.2) is 42.0 Å². The Labute approximate surface area is 253 Å². The van der Waals surface area contributed by atoms with Crippen LogP contribution in [-0.2, 0) is 38.1 Å². The van der Waals surface area contributed by atoms with Crippen LogP contribution in [0.4, 0.5) is 0 Å². The molecule has 4 rings (SSSR count). The number of hydrogen-bond acceptors (Lipinski definition) is 10. The van der Waals surface area contributed by atoms with Crippen LogP contribution in [0.25, 0.3) is 0 Å². The quantitative estimate of drug-likeness (QED) is 0.298. The SMILES string of the molecule is CC(=O)O[C@@H]1C[C@@H](OC(C)=O)C(C)(C)[C@H](O)[C@H]2O[C@@]3(C[C@H](C)[C@H](OC(=O)c4ccccc4)[C@@H]3/C=C\1C)[C@@H](OC(C)=O)[C@H]2C. The third kappa shape index (κ3) is 6.36. The van der Waals surface area contributed by atoms with E-state index in [0.29, 0.717) is 17.6 Å². The van der Waals surface area contributed by atoms with Gasteiger partial charge in [-0.2, -0.15) is 0 Å². The van der Waals surface area contributed by atoms with Gasteiger partial charge in [0.05, 0.1) is 17.8 Å². The molecule has 10 nitrogen and oxygen atoms in total. The molecule has 1 aliphatic carbocycles. The number of carbonyl (C=O) groups excluding carboxylic acids is 4. The number of ether oxygens (including phenoxy) is 5. The second kappa shape index (κ2) is 12.4. The molecule has 0 unspecified atom stereocenters. The second-order valence-corrected chi connectivity index (χ2v) is 13.0. The van der Waals surface area contributed by atoms with Gasteiger partial charge in [0, 0.05) is 44.4 Å². The Morgan fingerprint density at radius 3 is 2.09 bits per heavy atom. The zero-order chi connectivity index (χ0) is 31.9. The Kier molecular flexibility index (Phi) is 9.42. The highest BCUT2D eigenvalue weighted by molar-refractivity contribution is 5.89. The van der Waals surface area contributed by atoms with E-state index in [1.54, 1.807) is 45.0 Å². The average molecular weight is 601 g/mol. The van der Waals surface area contributed by atoms with E-state index in [1.165, 1.54) is 20.8 Å². The summed E-state index contributed by atoms with van der Waals surface area (Å²) < 4.78 is 30.5. The third-order valence-electron chi connectivity index (χ3n) is 9.40. The number of benzene rings is 1. The summed E-state index contributed by atoms with van der Waals surface area (Å²) in [5.41, 5.74) is -1.22. The molecule has 3 aliphatic rings. The summed E-state index contributed by atoms with van der Waals surface area (Å²) in [5.74, 6) is -3.41. The second-order valence-electron chi connectivity index (χ2n) is 13.0. The van der Waals surface area contributed by atoms with Gasteiger partial charge in [-0.05, 0) is 37.0 Å². The van der Waals surface area contributed by atoms with Gasteiger partial charge in [0.15, 0.2) is 0 Å². The van der Waals surface area contributed by atoms with Gasteiger partial charge in [0.1, 0.15) is 30.0 Å². The number of aliphatic hydroxyl groups excluding tert-OH is 1. The summed E-state index contributed by atoms with van der Waals surface area (Å²) in [5, 5.41) is 12.0. The maximum atomic E-state index is 13.3. The van der Waals surface area contributed by atoms with Gasteiger partial charge in [0.25, 0.3) is 0 Å². The minimum Gasteiger partial charge on any atom is -0.462 e. The molecule has 2 heterocycles. The van der Waals surface area contributed by atoms with E-state index in [2.05, 4.69) is 0 Å². The average Bonchev–Trinajstić information content (AvgIpc) is 3.33. The van der Waals surface area contributed by atoms with Crippen LogP contribution in [0, 0.1) is 23.2 Å². The van der Waals surface area contributed by atoms with Crippen molar-refractivity contribution in [1.82, 2.24) is 0 Å². The Bertz CT molecular complexity index is 1260. The van der Waals surface area contributed by atoms with Crippen LogP contribution in [0.1, 0.15) is 78.6 Å². The highest BCUT2D eigenvalue weighted by Gasteiger charge is 2.68. The maximum Gasteiger partial charge on any atom is 0.338 e. The normalized spacial score (nSPS) is 38.0. The molecule has 0 amide bonds. The van der Waals surface area contributed by atoms with E-state index in [0.717, 1.165) is 0 Å². The lowest BCUT2D eigenvalue weighted by Crippen LogP contribution is -2.51. The smallest absolute Gasteiger partial charge is 0.338 e. The van der Waals surface area contributed by atoms with Crippen LogP contribution in [0.3, 0.4) is 0 Å². The van der Waals surface area contributed by atoms with Crippen molar-refractivity contribution >= 4 is 23.9 Å². The number of carbonyl (C=O) groups is 4. The number of rotatable bonds is 5. The summed E-state index contributed by atoms with van der Waals surface area (Å²) in [7, 11) is 0. The van der Waals surface area contributed by atoms with Gasteiger partial charge in [-0.25, -0.2) is 4.79 Å². The maximum absolute atomic E-state index is 13.3. The molecule has 2 bridgehead atoms. The van der Waals surface area contributed by atoms with E-state index >= 15 is 0 Å². The standard InChI is InChI=1S/C33H44O10/c1-17-14-24-27(42-31(38)23-12-10-9-11-13-23)18(2)16-33(24)30(41-22(6)36)19(3)28(43-33)29(37)32(7,8)26(40-21(5)35)15-25(17)39-20(4)34/h9-14,18-19,24-30,37H,15-16H2,1-8H3/b17-14-/t18-,19-,24-,25+,26+,27-,28-,29+,30-,33+/m0/s1. The Morgan fingerprint density at radius 1 is 0.907 bits per heavy atom. The zero-order valence-corrected chi connectivity index (χ0v) is 26.2. The van der Waals surface area contributed by atoms with Crippen molar-refractivity contribution < 1.29 is 48.0 Å². The number of fused-ring (bicyclic) bond motifs is 1. The van der Waals surface area contributed by atoms with Gasteiger partial charge in [-0.1, -0.05) is 52.0 Å². The van der Waals surface area contributed by atoms with Crippen LogP contribution in [0.2, 0.25) is 0 Å². The summed E-state index contributed by atoms with van der Waals surface area (Å²) in [4.78, 5) is 50.3. The number of hydrogen-bond donors (Lipinski definition) is 1. The van der Waals surface area contributed by atoms with Gasteiger partial charge in [-0.3, -0.25) is 14.4 Å². The van der Waals surface area contributed by atoms with Crippen LogP contribution < -0.4 is 0 Å². The molecular formula is C33H44O10. The third-order valence-corrected chi connectivity index (χ3v) is 9.40. The number of esters is 4. The lowest BCUT2D eigenvalue weighted by Gasteiger charge is -2.41. The van der Waals surface area contributed by atoms with Crippen molar-refractivity contribution in [2.24, 2.45) is 23.2 Å². The fraction of sp³-hybridized carbons (Fsp3) is 0.636. The van der Waals surface area contributed by atoms with Crippen molar-refractivity contribution in [1.29, 1.82) is 0 Å². The predicted octanol–water partition coefficient (Wildman–Crippen LogP) is 4.17. The summed E-state index contributed by atoms with van der Waals surface area (Å²) in [6, 6.07) is 8.66. The van der Waals surface area contributed by atoms with Crippen LogP contribution >= 0.6 is 0 Å². The Hall–Kier alpha value is -3.24. The molecule has 1 spiro atoms. The molecule has 2 fully saturated rings. The van der Waals surface area contributed by atoms with Crippen molar-refractivity contribution in [2.45, 2.75) is 110 Å². The minimum absolute atomic E-state index is 0.0871. The Morgan fingerprint density at radius 2 is 1.51 bits per heavy atom. The van der Waals surface area contributed by atoms with E-state index in [1.807, 2.05) is 26.0 Å². The number of aliphatic hydroxyl groups is 1. The molecule has 1 N–H and O–H groups in total. The fourth-order valence-electron chi connectivity index (χ4n) is 7.22. The van der Waals surface area contributed by atoms with E-state index in [4.69, 9.17) is 23.7 Å². The topological polar surface area (TPSA) is 135 Å². The molecule has 43 heavy (non-hydrogen) atoms. The highest BCUT2D eigenvalue weighted by atomic mass is 16.6. The van der Waals surface area contributed by atoms with Crippen molar-refractivity contribution in [3.05, 3.63) is 47.5 Å². The van der Waals surface area contributed by atoms with Crippen LogP contribution in [0.5, 0.6) is 0 Å². The first-order valence-corrected chi connectivity index (χ1v) is 14.9. The van der Waals surface area contributed by atoms with Crippen molar-refractivity contribution in [3.63, 3.8) is 0 Å². The molecule has 1 saturated heterocycles. The van der Waals surface area contributed by atoms with E-state index in [9.17, 15) is 24.3 Å². The molecule has 1 aromatic rings. The molecular weight excluding hydrogens is 556 g/mol. The minimum atomic E-state index is -1.18. The molecule has 1 saturated carbocycles. The summed E-state index contributed by atoms with van der Waals surface area (Å²) >= 11 is 0. The zero-order valence-electron chi connectivity index (χ0n) is 26.2. The molecule has 2 aliphatic heterocycles. The molecule has 236 valence electrons. The van der Waals surface area contributed by atoms with Gasteiger partial charge in [0.2, 0.25) is 0 Å². The lowest BCUT2D eigenvalue weighted by atomic mass is 9.72. The van der Waals surface area contributed by atoms with Crippen LogP contribution in [-0.4, -0.2) is 71.2 Å². The fourth-order valence-corrected chi connectivity index (χ4v) is 7.22. The molecule has 1 aromatic carbocycles. The lowest BCUT2D eigenvalue weighted by molar-refractivity contribution is -0.184. The predicted molar refractivity (Wildman–Crippen MR) is 155 cm³/mol. The first kappa shape index (κ1) is 32.7. The molecule has 10 atom stereocenters. The van der Waals surface area contributed by atoms with Gasteiger partial charge in [-0.15, -0.1) is 0 Å².